The molecule has 4 aliphatic heterocycles. The van der Waals surface area contributed by atoms with E-state index < -0.39 is 0 Å². The van der Waals surface area contributed by atoms with Crippen LogP contribution in [0.15, 0.2) is 41.5 Å². The highest BCUT2D eigenvalue weighted by atomic mass is 16.5. The van der Waals surface area contributed by atoms with E-state index >= 15 is 0 Å². The minimum Gasteiger partial charge on any atom is -0.387 e. The lowest BCUT2D eigenvalue weighted by Gasteiger charge is -2.50. The van der Waals surface area contributed by atoms with Crippen LogP contribution in [-0.2, 0) is 11.2 Å². The molecule has 0 radical (unpaired) electrons. The van der Waals surface area contributed by atoms with Gasteiger partial charge < -0.3 is 15.4 Å². The molecule has 8 heteroatoms. The predicted molar refractivity (Wildman–Crippen MR) is 123 cm³/mol. The van der Waals surface area contributed by atoms with Gasteiger partial charge in [0.05, 0.1) is 30.8 Å². The number of ether oxygens (including phenoxy) is 1. The van der Waals surface area contributed by atoms with E-state index in [4.69, 9.17) is 20.4 Å². The van der Waals surface area contributed by atoms with Crippen LogP contribution >= 0.6 is 0 Å². The third kappa shape index (κ3) is 2.90. The van der Waals surface area contributed by atoms with Gasteiger partial charge in [-0.25, -0.2) is 19.9 Å². The molecule has 4 aliphatic rings. The molecule has 2 N–H and O–H groups in total. The van der Waals surface area contributed by atoms with E-state index in [1.165, 1.54) is 12.8 Å². The highest BCUT2D eigenvalue weighted by molar-refractivity contribution is 5.92. The molecule has 0 saturated carbocycles. The van der Waals surface area contributed by atoms with Gasteiger partial charge in [-0.3, -0.25) is 4.90 Å². The van der Waals surface area contributed by atoms with E-state index in [9.17, 15) is 0 Å². The Balaban J connectivity index is 1.13. The number of benzene rings is 1. The van der Waals surface area contributed by atoms with Crippen molar-refractivity contribution < 1.29 is 4.74 Å². The molecule has 0 amide bonds. The maximum Gasteiger partial charge on any atom is 0.180 e. The first-order valence-electron chi connectivity index (χ1n) is 11.4. The number of morpholine rings is 1. The Bertz CT molecular complexity index is 1240. The Morgan fingerprint density at radius 3 is 2.66 bits per heavy atom. The van der Waals surface area contributed by atoms with Crippen LogP contribution in [0.4, 0.5) is 11.5 Å². The number of aliphatic imine (C=N–C) groups is 1. The summed E-state index contributed by atoms with van der Waals surface area (Å²) in [6.45, 7) is 3.76. The van der Waals surface area contributed by atoms with Gasteiger partial charge in [-0.05, 0) is 36.6 Å². The lowest BCUT2D eigenvalue weighted by Crippen LogP contribution is -2.65. The van der Waals surface area contributed by atoms with E-state index in [1.807, 2.05) is 18.3 Å². The van der Waals surface area contributed by atoms with E-state index in [0.717, 1.165) is 66.6 Å². The first kappa shape index (κ1) is 18.5. The van der Waals surface area contributed by atoms with Crippen molar-refractivity contribution in [3.63, 3.8) is 0 Å². The monoisotopic (exact) mass is 427 g/mol. The number of aromatic nitrogens is 3. The summed E-state index contributed by atoms with van der Waals surface area (Å²) in [5.74, 6) is 1.57. The molecule has 162 valence electrons. The molecular weight excluding hydrogens is 402 g/mol. The van der Waals surface area contributed by atoms with E-state index in [2.05, 4.69) is 38.0 Å². The van der Waals surface area contributed by atoms with Gasteiger partial charge in [0.2, 0.25) is 0 Å². The second-order valence-corrected chi connectivity index (χ2v) is 9.32. The predicted octanol–water partition coefficient (Wildman–Crippen LogP) is 2.29. The second kappa shape index (κ2) is 6.95. The molecule has 3 aromatic rings. The number of rotatable bonds is 3. The van der Waals surface area contributed by atoms with Crippen molar-refractivity contribution in [1.29, 1.82) is 0 Å². The first-order chi connectivity index (χ1) is 15.7. The fourth-order valence-corrected chi connectivity index (χ4v) is 5.66. The van der Waals surface area contributed by atoms with Crippen LogP contribution in [0.5, 0.6) is 0 Å². The smallest absolute Gasteiger partial charge is 0.180 e. The van der Waals surface area contributed by atoms with Crippen molar-refractivity contribution >= 4 is 28.5 Å². The third-order valence-corrected chi connectivity index (χ3v) is 7.32. The summed E-state index contributed by atoms with van der Waals surface area (Å²) in [7, 11) is 0. The van der Waals surface area contributed by atoms with Crippen LogP contribution in [-0.4, -0.2) is 70.1 Å². The number of hydrogen-bond acceptors (Lipinski definition) is 8. The largest absolute Gasteiger partial charge is 0.387 e. The van der Waals surface area contributed by atoms with E-state index in [1.54, 1.807) is 0 Å². The summed E-state index contributed by atoms with van der Waals surface area (Å²) in [6, 6.07) is 12.0. The number of amidine groups is 1. The zero-order chi connectivity index (χ0) is 21.2. The molecule has 1 aromatic carbocycles. The Labute approximate surface area is 186 Å². The summed E-state index contributed by atoms with van der Waals surface area (Å²) in [5.41, 5.74) is 11.4. The summed E-state index contributed by atoms with van der Waals surface area (Å²) in [6.07, 6.45) is 5.13. The van der Waals surface area contributed by atoms with Gasteiger partial charge in [-0.15, -0.1) is 0 Å². The minimum atomic E-state index is 0.590. The Morgan fingerprint density at radius 1 is 0.969 bits per heavy atom. The Morgan fingerprint density at radius 2 is 1.81 bits per heavy atom. The molecular formula is C24H25N7O. The number of fused-ring (bicyclic) bond motifs is 4. The van der Waals surface area contributed by atoms with Crippen molar-refractivity contribution in [1.82, 2.24) is 19.9 Å². The summed E-state index contributed by atoms with van der Waals surface area (Å²) in [5, 5.41) is 0. The zero-order valence-electron chi connectivity index (χ0n) is 17.8. The van der Waals surface area contributed by atoms with Crippen molar-refractivity contribution in [3.05, 3.63) is 42.1 Å². The van der Waals surface area contributed by atoms with Crippen LogP contribution < -0.4 is 10.6 Å². The van der Waals surface area contributed by atoms with E-state index in [-0.39, 0.29) is 0 Å². The lowest BCUT2D eigenvalue weighted by atomic mass is 10.0. The first-order valence-corrected chi connectivity index (χ1v) is 11.4. The molecule has 0 aliphatic carbocycles. The molecule has 2 unspecified atom stereocenters. The lowest BCUT2D eigenvalue weighted by molar-refractivity contribution is -0.0417. The summed E-state index contributed by atoms with van der Waals surface area (Å²) in [4.78, 5) is 23.8. The fourth-order valence-electron chi connectivity index (χ4n) is 5.66. The highest BCUT2D eigenvalue weighted by Crippen LogP contribution is 2.35. The van der Waals surface area contributed by atoms with Crippen LogP contribution in [0, 0.1) is 0 Å². The van der Waals surface area contributed by atoms with Gasteiger partial charge in [-0.2, -0.15) is 0 Å². The quantitative estimate of drug-likeness (QED) is 0.685. The topological polar surface area (TPSA) is 92.8 Å². The van der Waals surface area contributed by atoms with Gasteiger partial charge >= 0.3 is 0 Å². The van der Waals surface area contributed by atoms with Crippen molar-refractivity contribution in [2.75, 3.05) is 31.2 Å². The van der Waals surface area contributed by atoms with Gasteiger partial charge in [0.15, 0.2) is 5.65 Å². The van der Waals surface area contributed by atoms with Gasteiger partial charge in [0.1, 0.15) is 17.2 Å². The number of pyridine rings is 1. The van der Waals surface area contributed by atoms with Crippen LogP contribution in [0.1, 0.15) is 18.4 Å². The molecule has 2 aromatic heterocycles. The van der Waals surface area contributed by atoms with Crippen molar-refractivity contribution in [3.8, 4) is 11.3 Å². The molecule has 2 atom stereocenters. The average molecular weight is 428 g/mol. The summed E-state index contributed by atoms with van der Waals surface area (Å²) >= 11 is 0. The third-order valence-electron chi connectivity index (χ3n) is 7.32. The molecule has 2 bridgehead atoms. The van der Waals surface area contributed by atoms with Gasteiger partial charge in [0.25, 0.3) is 0 Å². The Kier molecular flexibility index (Phi) is 4.01. The van der Waals surface area contributed by atoms with Gasteiger partial charge in [-0.1, -0.05) is 12.1 Å². The van der Waals surface area contributed by atoms with Crippen LogP contribution in [0.2, 0.25) is 0 Å². The maximum atomic E-state index is 5.89. The van der Waals surface area contributed by atoms with Crippen molar-refractivity contribution in [2.24, 2.45) is 10.7 Å². The molecule has 3 saturated heterocycles. The van der Waals surface area contributed by atoms with Crippen LogP contribution in [0.3, 0.4) is 0 Å². The van der Waals surface area contributed by atoms with E-state index in [0.29, 0.717) is 29.6 Å². The minimum absolute atomic E-state index is 0.590. The number of nitrogens with zero attached hydrogens (tertiary/aromatic N) is 6. The zero-order valence-corrected chi connectivity index (χ0v) is 17.8. The normalized spacial score (nSPS) is 25.1. The molecule has 8 nitrogen and oxygen atoms in total. The average Bonchev–Trinajstić information content (AvgIpc) is 3.25. The standard InChI is InChI=1S/C24H25N7O/c25-22-8-15-2-1-14(7-21(15)27-22)19-5-6-20-24(28-19)29-23(9-26-20)30-10-18(11-30)31-16-3-4-17(31)13-32-12-16/h1-2,5-7,9,16-18H,3-4,8,10-13H2,(H2,25,27). The molecule has 6 heterocycles. The number of nitrogens with two attached hydrogens (primary N) is 1. The highest BCUT2D eigenvalue weighted by Gasteiger charge is 2.45. The fraction of sp³-hybridized carbons (Fsp3) is 0.417. The van der Waals surface area contributed by atoms with Crippen molar-refractivity contribution in [2.45, 2.75) is 37.4 Å². The second-order valence-electron chi connectivity index (χ2n) is 9.32. The molecule has 0 spiro atoms. The maximum absolute atomic E-state index is 5.89. The molecule has 7 rings (SSSR count). The Hall–Kier alpha value is -3.10. The number of anilines is 1. The number of hydrogen-bond donors (Lipinski definition) is 1. The van der Waals surface area contributed by atoms with Crippen LogP contribution in [0.25, 0.3) is 22.4 Å². The molecule has 3 fully saturated rings. The molecule has 32 heavy (non-hydrogen) atoms. The van der Waals surface area contributed by atoms with Gasteiger partial charge in [0, 0.05) is 43.2 Å². The summed E-state index contributed by atoms with van der Waals surface area (Å²) < 4.78 is 5.74. The SMILES string of the molecule is NC1=Nc2cc(-c3ccc4ncc(N5CC(N6C7CCC6COC7)C5)nc4n3)ccc2C1.